The number of phenolic OH excluding ortho intramolecular Hbond substituents is 1. The zero-order chi connectivity index (χ0) is 13.0. The molecule has 3 N–H and O–H groups in total. The number of carbonyl (C=O) groups is 1. The van der Waals surface area contributed by atoms with Crippen molar-refractivity contribution in [1.29, 1.82) is 0 Å². The largest absolute Gasteiger partial charge is 0.508 e. The van der Waals surface area contributed by atoms with Gasteiger partial charge in [-0.3, -0.25) is 4.79 Å². The molecule has 1 aromatic carbocycles. The second kappa shape index (κ2) is 5.40. The molecule has 0 spiro atoms. The Morgan fingerprint density at radius 3 is 2.78 bits per heavy atom. The Hall–Kier alpha value is -1.55. The summed E-state index contributed by atoms with van der Waals surface area (Å²) in [6.45, 7) is 4.90. The van der Waals surface area contributed by atoms with Crippen LogP contribution in [0.25, 0.3) is 0 Å². The Labute approximate surface area is 107 Å². The van der Waals surface area contributed by atoms with Crippen molar-refractivity contribution >= 4 is 5.91 Å². The van der Waals surface area contributed by atoms with Gasteiger partial charge in [0.15, 0.2) is 0 Å². The number of rotatable bonds is 4. The van der Waals surface area contributed by atoms with Crippen molar-refractivity contribution in [3.8, 4) is 5.75 Å². The maximum absolute atomic E-state index is 11.8. The van der Waals surface area contributed by atoms with Crippen molar-refractivity contribution in [2.45, 2.75) is 19.8 Å². The molecule has 1 heterocycles. The predicted molar refractivity (Wildman–Crippen MR) is 70.4 cm³/mol. The summed E-state index contributed by atoms with van der Waals surface area (Å²) in [6, 6.07) is 6.75. The zero-order valence-electron chi connectivity index (χ0n) is 10.7. The number of aromatic hydroxyl groups is 1. The van der Waals surface area contributed by atoms with E-state index in [1.165, 1.54) is 0 Å². The molecule has 98 valence electrons. The van der Waals surface area contributed by atoms with Crippen LogP contribution in [-0.4, -0.2) is 30.6 Å². The molecular weight excluding hydrogens is 228 g/mol. The summed E-state index contributed by atoms with van der Waals surface area (Å²) in [4.78, 5) is 11.8. The van der Waals surface area contributed by atoms with Crippen molar-refractivity contribution in [3.05, 3.63) is 29.8 Å². The molecule has 1 amide bonds. The standard InChI is InChI=1S/C14H20N2O2/c1-14(6-7-15-9-14)10-16-13(18)8-11-2-4-12(17)5-3-11/h2-5,15,17H,6-10H2,1H3,(H,16,18). The van der Waals surface area contributed by atoms with E-state index in [9.17, 15) is 4.79 Å². The Bertz CT molecular complexity index is 408. The Morgan fingerprint density at radius 1 is 1.44 bits per heavy atom. The first kappa shape index (κ1) is 12.9. The molecule has 4 nitrogen and oxygen atoms in total. The SMILES string of the molecule is CC1(CNC(=O)Cc2ccc(O)cc2)CCNC1. The molecule has 0 aromatic heterocycles. The molecule has 1 fully saturated rings. The highest BCUT2D eigenvalue weighted by Gasteiger charge is 2.28. The van der Waals surface area contributed by atoms with Crippen LogP contribution < -0.4 is 10.6 Å². The normalized spacial score (nSPS) is 22.9. The van der Waals surface area contributed by atoms with Gasteiger partial charge in [0.05, 0.1) is 6.42 Å². The van der Waals surface area contributed by atoms with E-state index >= 15 is 0 Å². The average molecular weight is 248 g/mol. The van der Waals surface area contributed by atoms with Gasteiger partial charge in [-0.05, 0) is 36.1 Å². The van der Waals surface area contributed by atoms with E-state index in [0.29, 0.717) is 6.42 Å². The highest BCUT2D eigenvalue weighted by atomic mass is 16.3. The highest BCUT2D eigenvalue weighted by Crippen LogP contribution is 2.22. The highest BCUT2D eigenvalue weighted by molar-refractivity contribution is 5.78. The molecule has 4 heteroatoms. The summed E-state index contributed by atoms with van der Waals surface area (Å²) < 4.78 is 0. The molecule has 1 unspecified atom stereocenters. The minimum Gasteiger partial charge on any atom is -0.508 e. The van der Waals surface area contributed by atoms with Gasteiger partial charge in [0.2, 0.25) is 5.91 Å². The Morgan fingerprint density at radius 2 is 2.17 bits per heavy atom. The number of benzene rings is 1. The number of phenols is 1. The van der Waals surface area contributed by atoms with E-state index in [1.54, 1.807) is 24.3 Å². The third-order valence-electron chi connectivity index (χ3n) is 3.47. The lowest BCUT2D eigenvalue weighted by atomic mass is 9.90. The van der Waals surface area contributed by atoms with Gasteiger partial charge in [0.25, 0.3) is 0 Å². The third kappa shape index (κ3) is 3.47. The second-order valence-corrected chi connectivity index (χ2v) is 5.36. The number of amides is 1. The first-order valence-corrected chi connectivity index (χ1v) is 6.33. The molecule has 0 aliphatic carbocycles. The summed E-state index contributed by atoms with van der Waals surface area (Å²) in [6.07, 6.45) is 1.47. The van der Waals surface area contributed by atoms with E-state index in [0.717, 1.165) is 31.6 Å². The van der Waals surface area contributed by atoms with Gasteiger partial charge >= 0.3 is 0 Å². The van der Waals surface area contributed by atoms with Gasteiger partial charge in [-0.25, -0.2) is 0 Å². The quantitative estimate of drug-likeness (QED) is 0.746. The predicted octanol–water partition coefficient (Wildman–Crippen LogP) is 1.05. The summed E-state index contributed by atoms with van der Waals surface area (Å²) in [7, 11) is 0. The second-order valence-electron chi connectivity index (χ2n) is 5.36. The van der Waals surface area contributed by atoms with Crippen molar-refractivity contribution in [2.75, 3.05) is 19.6 Å². The van der Waals surface area contributed by atoms with Crippen LogP contribution in [0, 0.1) is 5.41 Å². The fraction of sp³-hybridized carbons (Fsp3) is 0.500. The minimum absolute atomic E-state index is 0.0359. The molecule has 2 rings (SSSR count). The van der Waals surface area contributed by atoms with Crippen LogP contribution in [0.15, 0.2) is 24.3 Å². The molecule has 1 saturated heterocycles. The number of nitrogens with one attached hydrogen (secondary N) is 2. The Kier molecular flexibility index (Phi) is 3.87. The first-order valence-electron chi connectivity index (χ1n) is 6.33. The van der Waals surface area contributed by atoms with Crippen molar-refractivity contribution < 1.29 is 9.90 Å². The van der Waals surface area contributed by atoms with E-state index in [4.69, 9.17) is 5.11 Å². The third-order valence-corrected chi connectivity index (χ3v) is 3.47. The molecule has 1 atom stereocenters. The summed E-state index contributed by atoms with van der Waals surface area (Å²) in [5.74, 6) is 0.262. The smallest absolute Gasteiger partial charge is 0.224 e. The Balaban J connectivity index is 1.80. The summed E-state index contributed by atoms with van der Waals surface area (Å²) in [5, 5.41) is 15.5. The van der Waals surface area contributed by atoms with Gasteiger partial charge in [-0.2, -0.15) is 0 Å². The van der Waals surface area contributed by atoms with E-state index in [1.807, 2.05) is 0 Å². The zero-order valence-corrected chi connectivity index (χ0v) is 10.7. The van der Waals surface area contributed by atoms with Crippen LogP contribution in [0.2, 0.25) is 0 Å². The van der Waals surface area contributed by atoms with Crippen molar-refractivity contribution in [3.63, 3.8) is 0 Å². The van der Waals surface area contributed by atoms with Gasteiger partial charge < -0.3 is 15.7 Å². The van der Waals surface area contributed by atoms with Crippen LogP contribution in [0.4, 0.5) is 0 Å². The lowest BCUT2D eigenvalue weighted by Gasteiger charge is -2.22. The molecule has 0 radical (unpaired) electrons. The number of hydrogen-bond acceptors (Lipinski definition) is 3. The number of hydrogen-bond donors (Lipinski definition) is 3. The molecule has 1 aliphatic heterocycles. The topological polar surface area (TPSA) is 61.4 Å². The van der Waals surface area contributed by atoms with Crippen LogP contribution in [0.1, 0.15) is 18.9 Å². The van der Waals surface area contributed by atoms with Gasteiger partial charge in [-0.1, -0.05) is 19.1 Å². The molecule has 1 aliphatic rings. The first-order chi connectivity index (χ1) is 8.57. The van der Waals surface area contributed by atoms with E-state index in [2.05, 4.69) is 17.6 Å². The molecule has 0 bridgehead atoms. The van der Waals surface area contributed by atoms with Crippen molar-refractivity contribution in [1.82, 2.24) is 10.6 Å². The minimum atomic E-state index is 0.0359. The number of carbonyl (C=O) groups excluding carboxylic acids is 1. The van der Waals surface area contributed by atoms with Crippen LogP contribution in [0.5, 0.6) is 5.75 Å². The van der Waals surface area contributed by atoms with Gasteiger partial charge in [-0.15, -0.1) is 0 Å². The van der Waals surface area contributed by atoms with E-state index in [-0.39, 0.29) is 17.1 Å². The van der Waals surface area contributed by atoms with Crippen LogP contribution in [-0.2, 0) is 11.2 Å². The lowest BCUT2D eigenvalue weighted by molar-refractivity contribution is -0.120. The monoisotopic (exact) mass is 248 g/mol. The molecule has 18 heavy (non-hydrogen) atoms. The van der Waals surface area contributed by atoms with Crippen LogP contribution >= 0.6 is 0 Å². The molecule has 1 aromatic rings. The molecular formula is C14H20N2O2. The average Bonchev–Trinajstić information content (AvgIpc) is 2.78. The summed E-state index contributed by atoms with van der Waals surface area (Å²) >= 11 is 0. The maximum Gasteiger partial charge on any atom is 0.224 e. The fourth-order valence-corrected chi connectivity index (χ4v) is 2.19. The van der Waals surface area contributed by atoms with Gasteiger partial charge in [0.1, 0.15) is 5.75 Å². The fourth-order valence-electron chi connectivity index (χ4n) is 2.19. The molecule has 0 saturated carbocycles. The summed E-state index contributed by atoms with van der Waals surface area (Å²) in [5.41, 5.74) is 1.10. The van der Waals surface area contributed by atoms with E-state index < -0.39 is 0 Å². The van der Waals surface area contributed by atoms with Crippen LogP contribution in [0.3, 0.4) is 0 Å². The lowest BCUT2D eigenvalue weighted by Crippen LogP contribution is -2.37. The maximum atomic E-state index is 11.8. The van der Waals surface area contributed by atoms with Crippen molar-refractivity contribution in [2.24, 2.45) is 5.41 Å². The van der Waals surface area contributed by atoms with Gasteiger partial charge in [0, 0.05) is 13.1 Å².